The van der Waals surface area contributed by atoms with Gasteiger partial charge < -0.3 is 9.84 Å². The maximum atomic E-state index is 11.9. The zero-order chi connectivity index (χ0) is 13.3. The second-order valence-corrected chi connectivity index (χ2v) is 6.64. The van der Waals surface area contributed by atoms with Crippen molar-refractivity contribution in [1.82, 2.24) is 4.90 Å². The molecule has 4 heteroatoms. The van der Waals surface area contributed by atoms with E-state index in [9.17, 15) is 9.90 Å². The lowest BCUT2D eigenvalue weighted by Crippen LogP contribution is -2.60. The maximum Gasteiger partial charge on any atom is 0.324 e. The Kier molecular flexibility index (Phi) is 3.56. The van der Waals surface area contributed by atoms with Gasteiger partial charge in [-0.1, -0.05) is 12.8 Å². The highest BCUT2D eigenvalue weighted by molar-refractivity contribution is 5.79. The third-order valence-corrected chi connectivity index (χ3v) is 5.82. The lowest BCUT2D eigenvalue weighted by Gasteiger charge is -2.49. The van der Waals surface area contributed by atoms with E-state index in [0.717, 1.165) is 38.8 Å². The summed E-state index contributed by atoms with van der Waals surface area (Å²) in [6.45, 7) is 2.92. The lowest BCUT2D eigenvalue weighted by molar-refractivity contribution is -0.160. The first-order valence-corrected chi connectivity index (χ1v) is 7.73. The first-order chi connectivity index (χ1) is 9.17. The Balaban J connectivity index is 1.74. The second-order valence-electron chi connectivity index (χ2n) is 6.64. The number of hydrogen-bond donors (Lipinski definition) is 1. The summed E-state index contributed by atoms with van der Waals surface area (Å²) in [7, 11) is 0. The molecule has 0 amide bonds. The van der Waals surface area contributed by atoms with Gasteiger partial charge in [-0.2, -0.15) is 0 Å². The molecule has 3 rings (SSSR count). The lowest BCUT2D eigenvalue weighted by atomic mass is 9.65. The van der Waals surface area contributed by atoms with E-state index < -0.39 is 11.5 Å². The minimum atomic E-state index is -0.609. The SMILES string of the molecule is O=C(O)C1(N2CCOCC2)CCC2(CCCC2)CC1. The summed E-state index contributed by atoms with van der Waals surface area (Å²) < 4.78 is 5.37. The van der Waals surface area contributed by atoms with E-state index >= 15 is 0 Å². The van der Waals surface area contributed by atoms with Crippen molar-refractivity contribution >= 4 is 5.97 Å². The molecule has 1 saturated heterocycles. The van der Waals surface area contributed by atoms with Gasteiger partial charge in [-0.3, -0.25) is 9.69 Å². The molecule has 0 bridgehead atoms. The summed E-state index contributed by atoms with van der Waals surface area (Å²) in [6, 6.07) is 0. The van der Waals surface area contributed by atoms with Crippen molar-refractivity contribution in [2.75, 3.05) is 26.3 Å². The average molecular weight is 267 g/mol. The van der Waals surface area contributed by atoms with Crippen LogP contribution in [0.4, 0.5) is 0 Å². The van der Waals surface area contributed by atoms with Crippen LogP contribution in [-0.4, -0.2) is 47.8 Å². The predicted molar refractivity (Wildman–Crippen MR) is 72.1 cm³/mol. The van der Waals surface area contributed by atoms with Crippen LogP contribution in [0.5, 0.6) is 0 Å². The number of carbonyl (C=O) groups is 1. The Bertz CT molecular complexity index is 333. The molecule has 1 aliphatic heterocycles. The van der Waals surface area contributed by atoms with Crippen LogP contribution in [0.3, 0.4) is 0 Å². The summed E-state index contributed by atoms with van der Waals surface area (Å²) in [5, 5.41) is 9.79. The summed E-state index contributed by atoms with van der Waals surface area (Å²) in [5.41, 5.74) is -0.108. The molecule has 1 heterocycles. The third kappa shape index (κ3) is 2.29. The maximum absolute atomic E-state index is 11.9. The fourth-order valence-corrected chi connectivity index (χ4v) is 4.48. The number of ether oxygens (including phenoxy) is 1. The van der Waals surface area contributed by atoms with Gasteiger partial charge in [0.1, 0.15) is 5.54 Å². The van der Waals surface area contributed by atoms with Gasteiger partial charge >= 0.3 is 5.97 Å². The molecule has 0 aromatic carbocycles. The highest BCUT2D eigenvalue weighted by Crippen LogP contribution is 2.52. The van der Waals surface area contributed by atoms with Gasteiger partial charge in [-0.15, -0.1) is 0 Å². The molecule has 19 heavy (non-hydrogen) atoms. The topological polar surface area (TPSA) is 49.8 Å². The van der Waals surface area contributed by atoms with Crippen LogP contribution in [-0.2, 0) is 9.53 Å². The van der Waals surface area contributed by atoms with Crippen molar-refractivity contribution in [2.45, 2.75) is 56.9 Å². The molecule has 3 fully saturated rings. The third-order valence-electron chi connectivity index (χ3n) is 5.82. The van der Waals surface area contributed by atoms with Crippen molar-refractivity contribution in [3.63, 3.8) is 0 Å². The van der Waals surface area contributed by atoms with E-state index in [0.29, 0.717) is 18.6 Å². The van der Waals surface area contributed by atoms with Crippen LogP contribution >= 0.6 is 0 Å². The number of hydrogen-bond acceptors (Lipinski definition) is 3. The summed E-state index contributed by atoms with van der Waals surface area (Å²) in [6.07, 6.45) is 9.23. The van der Waals surface area contributed by atoms with E-state index in [1.54, 1.807) is 0 Å². The van der Waals surface area contributed by atoms with Gasteiger partial charge in [0, 0.05) is 13.1 Å². The Morgan fingerprint density at radius 2 is 1.53 bits per heavy atom. The van der Waals surface area contributed by atoms with Crippen LogP contribution in [0.25, 0.3) is 0 Å². The van der Waals surface area contributed by atoms with Gasteiger partial charge in [-0.05, 0) is 43.9 Å². The van der Waals surface area contributed by atoms with E-state index in [-0.39, 0.29) is 0 Å². The summed E-state index contributed by atoms with van der Waals surface area (Å²) in [5.74, 6) is -0.609. The fraction of sp³-hybridized carbons (Fsp3) is 0.933. The van der Waals surface area contributed by atoms with Crippen molar-refractivity contribution in [2.24, 2.45) is 5.41 Å². The van der Waals surface area contributed by atoms with Crippen molar-refractivity contribution in [3.05, 3.63) is 0 Å². The molecule has 108 valence electrons. The molecular weight excluding hydrogens is 242 g/mol. The van der Waals surface area contributed by atoms with Crippen LogP contribution < -0.4 is 0 Å². The molecule has 0 aromatic heterocycles. The van der Waals surface area contributed by atoms with Crippen molar-refractivity contribution < 1.29 is 14.6 Å². The number of morpholine rings is 1. The Labute approximate surface area is 115 Å². The molecule has 2 saturated carbocycles. The largest absolute Gasteiger partial charge is 0.480 e. The smallest absolute Gasteiger partial charge is 0.324 e. The summed E-state index contributed by atoms with van der Waals surface area (Å²) in [4.78, 5) is 14.1. The molecule has 0 radical (unpaired) electrons. The van der Waals surface area contributed by atoms with Gasteiger partial charge in [0.25, 0.3) is 0 Å². The molecule has 0 aromatic rings. The molecule has 3 aliphatic rings. The number of carboxylic acid groups (broad SMARTS) is 1. The summed E-state index contributed by atoms with van der Waals surface area (Å²) >= 11 is 0. The fourth-order valence-electron chi connectivity index (χ4n) is 4.48. The van der Waals surface area contributed by atoms with Gasteiger partial charge in [0.2, 0.25) is 0 Å². The van der Waals surface area contributed by atoms with E-state index in [4.69, 9.17) is 4.74 Å². The average Bonchev–Trinajstić information content (AvgIpc) is 2.89. The molecular formula is C15H25NO3. The minimum absolute atomic E-state index is 0.491. The first kappa shape index (κ1) is 13.4. The molecule has 4 nitrogen and oxygen atoms in total. The quantitative estimate of drug-likeness (QED) is 0.834. The zero-order valence-corrected chi connectivity index (χ0v) is 11.7. The Hall–Kier alpha value is -0.610. The number of nitrogens with zero attached hydrogens (tertiary/aromatic N) is 1. The van der Waals surface area contributed by atoms with E-state index in [2.05, 4.69) is 4.90 Å². The van der Waals surface area contributed by atoms with E-state index in [1.165, 1.54) is 25.7 Å². The van der Waals surface area contributed by atoms with Crippen molar-refractivity contribution in [1.29, 1.82) is 0 Å². The van der Waals surface area contributed by atoms with E-state index in [1.807, 2.05) is 0 Å². The van der Waals surface area contributed by atoms with Gasteiger partial charge in [0.15, 0.2) is 0 Å². The Morgan fingerprint density at radius 3 is 2.05 bits per heavy atom. The van der Waals surface area contributed by atoms with Crippen LogP contribution in [0, 0.1) is 5.41 Å². The number of rotatable bonds is 2. The number of carboxylic acids is 1. The monoisotopic (exact) mass is 267 g/mol. The van der Waals surface area contributed by atoms with Crippen LogP contribution in [0.15, 0.2) is 0 Å². The molecule has 0 unspecified atom stereocenters. The molecule has 1 N–H and O–H groups in total. The predicted octanol–water partition coefficient (Wildman–Crippen LogP) is 2.28. The number of aliphatic carboxylic acids is 1. The highest BCUT2D eigenvalue weighted by Gasteiger charge is 2.51. The van der Waals surface area contributed by atoms with Gasteiger partial charge in [0.05, 0.1) is 13.2 Å². The standard InChI is InChI=1S/C15H25NO3/c17-13(18)15(16-9-11-19-12-10-16)7-5-14(6-8-15)3-1-2-4-14/h1-12H2,(H,17,18). The van der Waals surface area contributed by atoms with Crippen molar-refractivity contribution in [3.8, 4) is 0 Å². The second kappa shape index (κ2) is 5.06. The molecule has 2 aliphatic carbocycles. The minimum Gasteiger partial charge on any atom is -0.480 e. The highest BCUT2D eigenvalue weighted by atomic mass is 16.5. The van der Waals surface area contributed by atoms with Crippen LogP contribution in [0.2, 0.25) is 0 Å². The molecule has 0 atom stereocenters. The normalized spacial score (nSPS) is 30.5. The first-order valence-electron chi connectivity index (χ1n) is 7.73. The van der Waals surface area contributed by atoms with Gasteiger partial charge in [-0.25, -0.2) is 0 Å². The molecule has 1 spiro atoms. The van der Waals surface area contributed by atoms with Crippen LogP contribution in [0.1, 0.15) is 51.4 Å². The zero-order valence-electron chi connectivity index (χ0n) is 11.7. The Morgan fingerprint density at radius 1 is 0.947 bits per heavy atom.